The summed E-state index contributed by atoms with van der Waals surface area (Å²) in [6.45, 7) is -0.387. The zero-order chi connectivity index (χ0) is 9.30. The van der Waals surface area contributed by atoms with Gasteiger partial charge in [0.25, 0.3) is 0 Å². The van der Waals surface area contributed by atoms with E-state index in [-0.39, 0.29) is 183 Å². The molecule has 1 rings (SSSR count). The van der Waals surface area contributed by atoms with Crippen molar-refractivity contribution in [1.29, 1.82) is 0 Å². The van der Waals surface area contributed by atoms with Crippen molar-refractivity contribution in [3.05, 3.63) is 5.73 Å². The van der Waals surface area contributed by atoms with Gasteiger partial charge in [0.1, 0.15) is 12.2 Å². The van der Waals surface area contributed by atoms with Crippen molar-refractivity contribution in [1.82, 2.24) is 0 Å². The minimum Gasteiger partial charge on any atom is -0.670 e. The molecule has 1 fully saturated rings. The van der Waals surface area contributed by atoms with E-state index in [1.807, 2.05) is 0 Å². The Morgan fingerprint density at radius 3 is 1.88 bits per heavy atom. The largest absolute Gasteiger partial charge is 0.670 e. The second kappa shape index (κ2) is 15.8. The molecule has 0 aromatic rings. The molecule has 4 radical (unpaired) electrons. The van der Waals surface area contributed by atoms with Crippen molar-refractivity contribution in [2.24, 2.45) is 0 Å². The summed E-state index contributed by atoms with van der Waals surface area (Å²) >= 11 is 3.88. The van der Waals surface area contributed by atoms with Crippen LogP contribution < -0.4 is 0 Å². The Morgan fingerprint density at radius 1 is 1.06 bits per heavy atom. The van der Waals surface area contributed by atoms with Crippen molar-refractivity contribution in [2.45, 2.75) is 29.8 Å². The van der Waals surface area contributed by atoms with Crippen molar-refractivity contribution < 1.29 is 196 Å². The van der Waals surface area contributed by atoms with Crippen LogP contribution in [0.1, 0.15) is 0 Å². The number of hydrogen-bond donors (Lipinski definition) is 4. The predicted molar refractivity (Wildman–Crippen MR) is 44.9 cm³/mol. The number of hydrogen-bond acceptors (Lipinski definition) is 5. The van der Waals surface area contributed by atoms with Gasteiger partial charge in [-0.05, 0) is 0 Å². The topological polar surface area (TPSA) is 93.7 Å². The summed E-state index contributed by atoms with van der Waals surface area (Å²) in [7, 11) is 0. The molecule has 1 heterocycles. The van der Waals surface area contributed by atoms with E-state index >= 15 is 0 Å². The van der Waals surface area contributed by atoms with Gasteiger partial charge in [-0.25, -0.2) is 0 Å². The Hall–Kier alpha value is 5.92. The van der Waals surface area contributed by atoms with Gasteiger partial charge in [0, 0.05) is 176 Å². The van der Waals surface area contributed by atoms with Gasteiger partial charge in [-0.2, -0.15) is 0 Å². The molecule has 0 aliphatic carbocycles. The molecule has 1 saturated heterocycles. The minimum atomic E-state index is -1.21. The van der Waals surface area contributed by atoms with E-state index in [2.05, 4.69) is 12.6 Å². The molecule has 5 nitrogen and oxygen atoms in total. The first-order chi connectivity index (χ1) is 5.57. The van der Waals surface area contributed by atoms with Crippen LogP contribution in [-0.4, -0.2) is 51.7 Å². The summed E-state index contributed by atoms with van der Waals surface area (Å²) in [5.74, 6) is 0. The maximum absolute atomic E-state index is 9.24. The first-order valence-corrected chi connectivity index (χ1v) is 4.11. The van der Waals surface area contributed by atoms with Gasteiger partial charge in [0.2, 0.25) is 0 Å². The Morgan fingerprint density at radius 2 is 1.50 bits per heavy atom. The maximum atomic E-state index is 9.24. The van der Waals surface area contributed by atoms with E-state index in [1.165, 1.54) is 0 Å². The maximum Gasteiger partial charge on any atom is 0.110 e. The molecule has 16 heavy (non-hydrogen) atoms. The van der Waals surface area contributed by atoms with Crippen LogP contribution in [-0.2, 0) is 4.74 Å². The smallest absolute Gasteiger partial charge is 0.110 e. The molecule has 0 bridgehead atoms. The van der Waals surface area contributed by atoms with Crippen LogP contribution in [0, 0.1) is 176 Å². The van der Waals surface area contributed by atoms with E-state index in [0.717, 1.165) is 0 Å². The van der Waals surface area contributed by atoms with Crippen LogP contribution in [0.5, 0.6) is 0 Å². The van der Waals surface area contributed by atoms with Crippen LogP contribution >= 0.6 is 12.6 Å². The molecule has 0 spiro atoms. The zero-order valence-electron chi connectivity index (χ0n) is 8.60. The standard InChI is InChI=1S/C6H12NO4S.4Ac/c7-3-5(10)4(9)2(1-8)11-6(3)12;;;;/h2-10,12H,1H2;;;;/q-1;;;;/t2?,3?,4-,5-,6-;;;;/m0..../s1. The number of thiol groups is 1. The number of aliphatic hydroxyl groups excluding tert-OH is 3. The van der Waals surface area contributed by atoms with E-state index in [9.17, 15) is 10.2 Å². The fraction of sp³-hybridized carbons (Fsp3) is 1.00. The fourth-order valence-electron chi connectivity index (χ4n) is 1.10. The van der Waals surface area contributed by atoms with E-state index < -0.39 is 29.8 Å². The summed E-state index contributed by atoms with van der Waals surface area (Å²) in [5.41, 5.74) is 6.52. The van der Waals surface area contributed by atoms with Gasteiger partial charge < -0.3 is 25.8 Å². The van der Waals surface area contributed by atoms with Crippen LogP contribution in [0.4, 0.5) is 0 Å². The molecule has 0 amide bonds. The number of nitrogens with one attached hydrogen (secondary N) is 1. The second-order valence-electron chi connectivity index (χ2n) is 2.75. The van der Waals surface area contributed by atoms with Gasteiger partial charge in [0.15, 0.2) is 0 Å². The molecule has 1 aliphatic rings. The van der Waals surface area contributed by atoms with Gasteiger partial charge in [-0.15, -0.1) is 12.6 Å². The molecular weight excluding hydrogens is 1090 g/mol. The predicted octanol–water partition coefficient (Wildman–Crippen LogP) is -1.22. The Bertz CT molecular complexity index is 167. The van der Waals surface area contributed by atoms with Gasteiger partial charge in [0.05, 0.1) is 18.1 Å². The van der Waals surface area contributed by atoms with Crippen LogP contribution in [0.2, 0.25) is 0 Å². The number of rotatable bonds is 1. The minimum absolute atomic E-state index is 0. The molecule has 0 aromatic carbocycles. The van der Waals surface area contributed by atoms with Crippen LogP contribution in [0.15, 0.2) is 0 Å². The molecule has 84 valence electrons. The van der Waals surface area contributed by atoms with Gasteiger partial charge in [-0.3, -0.25) is 0 Å². The first-order valence-electron chi connectivity index (χ1n) is 3.59. The molecule has 0 saturated carbocycles. The molecule has 1 aliphatic heterocycles. The average Bonchev–Trinajstić information content (AvgIpc) is 2.08. The molecule has 2 unspecified atom stereocenters. The van der Waals surface area contributed by atoms with E-state index in [4.69, 9.17) is 15.6 Å². The van der Waals surface area contributed by atoms with E-state index in [0.29, 0.717) is 0 Å². The van der Waals surface area contributed by atoms with Crippen molar-refractivity contribution in [3.63, 3.8) is 0 Å². The molecule has 10 heteroatoms. The zero-order valence-corrected chi connectivity index (χ0v) is 28.5. The molecule has 0 aromatic heterocycles. The fourth-order valence-corrected chi connectivity index (χ4v) is 1.43. The Labute approximate surface area is 244 Å². The summed E-state index contributed by atoms with van der Waals surface area (Å²) < 4.78 is 4.95. The molecule has 4 N–H and O–H groups in total. The molecular formula is C6H12Ac4NO4S-. The summed E-state index contributed by atoms with van der Waals surface area (Å²) in [6.07, 6.45) is -3.26. The van der Waals surface area contributed by atoms with Gasteiger partial charge >= 0.3 is 0 Å². The number of ether oxygens (including phenoxy) is 1. The first kappa shape index (κ1) is 29.9. The van der Waals surface area contributed by atoms with Crippen LogP contribution in [0.3, 0.4) is 0 Å². The summed E-state index contributed by atoms with van der Waals surface area (Å²) in [4.78, 5) is 0. The quantitative estimate of drug-likeness (QED) is 0.248. The molecule has 5 atom stereocenters. The van der Waals surface area contributed by atoms with Gasteiger partial charge in [-0.1, -0.05) is 6.04 Å². The Balaban J connectivity index is -0.000000180. The monoisotopic (exact) mass is 1100 g/mol. The van der Waals surface area contributed by atoms with Crippen molar-refractivity contribution in [3.8, 4) is 0 Å². The Kier molecular flexibility index (Phi) is 29.5. The summed E-state index contributed by atoms with van der Waals surface area (Å²) in [5, 5.41) is 27.2. The van der Waals surface area contributed by atoms with Crippen LogP contribution in [0.25, 0.3) is 5.73 Å². The number of aliphatic hydroxyl groups is 3. The van der Waals surface area contributed by atoms with Crippen molar-refractivity contribution >= 4 is 12.6 Å². The third kappa shape index (κ3) is 9.14. The van der Waals surface area contributed by atoms with E-state index in [1.54, 1.807) is 0 Å². The average molecular weight is 1100 g/mol. The second-order valence-corrected chi connectivity index (χ2v) is 3.26. The normalized spacial score (nSPS) is 36.9. The third-order valence-electron chi connectivity index (χ3n) is 1.90. The third-order valence-corrected chi connectivity index (χ3v) is 2.34. The summed E-state index contributed by atoms with van der Waals surface area (Å²) in [6, 6.07) is -0.980. The van der Waals surface area contributed by atoms with Crippen molar-refractivity contribution in [2.75, 3.05) is 6.61 Å². The SMILES string of the molecule is [Ac].[Ac].[Ac].[Ac].[NH-]C1[C@H](S)OC(CO)[C@H](O)[C@H]1O.